The van der Waals surface area contributed by atoms with Crippen LogP contribution in [0.2, 0.25) is 0 Å². The number of benzene rings is 1. The summed E-state index contributed by atoms with van der Waals surface area (Å²) < 4.78 is 13.5. The van der Waals surface area contributed by atoms with Gasteiger partial charge in [-0.05, 0) is 45.0 Å². The maximum Gasteiger partial charge on any atom is 0.129 e. The molecule has 0 radical (unpaired) electrons. The zero-order valence-corrected chi connectivity index (χ0v) is 11.5. The summed E-state index contributed by atoms with van der Waals surface area (Å²) in [4.78, 5) is 2.34. The van der Waals surface area contributed by atoms with Crippen molar-refractivity contribution in [3.63, 3.8) is 0 Å². The second-order valence-corrected chi connectivity index (χ2v) is 5.47. The van der Waals surface area contributed by atoms with Crippen LogP contribution in [0, 0.1) is 11.7 Å². The number of piperidine rings is 1. The highest BCUT2D eigenvalue weighted by atomic mass is 19.1. The molecule has 0 spiro atoms. The molecule has 1 aromatic carbocycles. The number of hydrogen-bond donors (Lipinski definition) is 2. The first-order valence-electron chi connectivity index (χ1n) is 6.98. The van der Waals surface area contributed by atoms with Crippen LogP contribution < -0.4 is 5.32 Å². The third-order valence-electron chi connectivity index (χ3n) is 3.76. The fourth-order valence-corrected chi connectivity index (χ4v) is 2.72. The summed E-state index contributed by atoms with van der Waals surface area (Å²) in [6, 6.07) is 6.40. The number of hydrogen-bond acceptors (Lipinski definition) is 3. The molecule has 1 aliphatic heterocycles. The minimum absolute atomic E-state index is 0.339. The molecule has 2 unspecified atom stereocenters. The monoisotopic (exact) mass is 266 g/mol. The van der Waals surface area contributed by atoms with Crippen molar-refractivity contribution in [1.29, 1.82) is 0 Å². The van der Waals surface area contributed by atoms with E-state index in [9.17, 15) is 9.50 Å². The average molecular weight is 266 g/mol. The Labute approximate surface area is 114 Å². The summed E-state index contributed by atoms with van der Waals surface area (Å²) in [5.74, 6) is 0.292. The van der Waals surface area contributed by atoms with Crippen LogP contribution in [0.1, 0.15) is 24.5 Å². The quantitative estimate of drug-likeness (QED) is 0.853. The predicted molar refractivity (Wildman–Crippen MR) is 74.5 cm³/mol. The molecule has 2 atom stereocenters. The van der Waals surface area contributed by atoms with Gasteiger partial charge >= 0.3 is 0 Å². The molecule has 2 rings (SSSR count). The Bertz CT molecular complexity index is 399. The Morgan fingerprint density at radius 3 is 3.00 bits per heavy atom. The smallest absolute Gasteiger partial charge is 0.129 e. The number of halogens is 1. The molecular formula is C15H23FN2O. The van der Waals surface area contributed by atoms with E-state index in [0.717, 1.165) is 13.1 Å². The fourth-order valence-electron chi connectivity index (χ4n) is 2.72. The molecule has 0 amide bonds. The maximum atomic E-state index is 13.5. The molecule has 106 valence electrons. The molecule has 1 aromatic rings. The maximum absolute atomic E-state index is 13.5. The standard InChI is InChI=1S/C15H23FN2O/c1-18-8-4-5-12(11-18)9-17-10-15(19)13-6-2-3-7-14(13)16/h2-3,6-7,12,15,17,19H,4-5,8-11H2,1H3. The molecule has 1 saturated heterocycles. The van der Waals surface area contributed by atoms with Crippen molar-refractivity contribution in [1.82, 2.24) is 10.2 Å². The van der Waals surface area contributed by atoms with E-state index in [2.05, 4.69) is 17.3 Å². The first-order chi connectivity index (χ1) is 9.16. The van der Waals surface area contributed by atoms with Gasteiger partial charge in [-0.3, -0.25) is 0 Å². The zero-order valence-electron chi connectivity index (χ0n) is 11.5. The van der Waals surface area contributed by atoms with E-state index in [-0.39, 0.29) is 5.82 Å². The summed E-state index contributed by atoms with van der Waals surface area (Å²) in [6.45, 7) is 3.56. The van der Waals surface area contributed by atoms with Crippen LogP contribution in [0.3, 0.4) is 0 Å². The van der Waals surface area contributed by atoms with Crippen molar-refractivity contribution in [2.75, 3.05) is 33.2 Å². The molecule has 4 heteroatoms. The lowest BCUT2D eigenvalue weighted by atomic mass is 9.98. The third kappa shape index (κ3) is 4.27. The molecule has 1 heterocycles. The SMILES string of the molecule is CN1CCCC(CNCC(O)c2ccccc2F)C1. The van der Waals surface area contributed by atoms with Gasteiger partial charge in [-0.15, -0.1) is 0 Å². The van der Waals surface area contributed by atoms with Crippen LogP contribution in [0.25, 0.3) is 0 Å². The van der Waals surface area contributed by atoms with Crippen molar-refractivity contribution >= 4 is 0 Å². The molecule has 1 fully saturated rings. The lowest BCUT2D eigenvalue weighted by Gasteiger charge is -2.30. The summed E-state index contributed by atoms with van der Waals surface area (Å²) in [7, 11) is 2.14. The van der Waals surface area contributed by atoms with Crippen molar-refractivity contribution in [3.8, 4) is 0 Å². The fraction of sp³-hybridized carbons (Fsp3) is 0.600. The molecule has 3 nitrogen and oxygen atoms in total. The van der Waals surface area contributed by atoms with E-state index >= 15 is 0 Å². The lowest BCUT2D eigenvalue weighted by Crippen LogP contribution is -2.38. The van der Waals surface area contributed by atoms with Gasteiger partial charge < -0.3 is 15.3 Å². The molecule has 1 aliphatic rings. The normalized spacial score (nSPS) is 22.4. The zero-order chi connectivity index (χ0) is 13.7. The van der Waals surface area contributed by atoms with Crippen LogP contribution in [0.5, 0.6) is 0 Å². The van der Waals surface area contributed by atoms with Gasteiger partial charge in [-0.2, -0.15) is 0 Å². The Hall–Kier alpha value is -0.970. The molecule has 19 heavy (non-hydrogen) atoms. The third-order valence-corrected chi connectivity index (χ3v) is 3.76. The Balaban J connectivity index is 1.75. The van der Waals surface area contributed by atoms with E-state index in [1.807, 2.05) is 0 Å². The van der Waals surface area contributed by atoms with E-state index in [0.29, 0.717) is 18.0 Å². The number of nitrogens with zero attached hydrogens (tertiary/aromatic N) is 1. The second kappa shape index (κ2) is 6.98. The van der Waals surface area contributed by atoms with Crippen LogP contribution >= 0.6 is 0 Å². The van der Waals surface area contributed by atoms with Crippen molar-refractivity contribution in [2.24, 2.45) is 5.92 Å². The molecular weight excluding hydrogens is 243 g/mol. The van der Waals surface area contributed by atoms with Crippen LogP contribution in [0.15, 0.2) is 24.3 Å². The van der Waals surface area contributed by atoms with Crippen LogP contribution in [-0.4, -0.2) is 43.2 Å². The van der Waals surface area contributed by atoms with E-state index in [1.54, 1.807) is 18.2 Å². The van der Waals surface area contributed by atoms with Gasteiger partial charge in [-0.1, -0.05) is 18.2 Å². The highest BCUT2D eigenvalue weighted by Crippen LogP contribution is 2.17. The summed E-state index contributed by atoms with van der Waals surface area (Å²) in [6.07, 6.45) is 1.69. The summed E-state index contributed by atoms with van der Waals surface area (Å²) in [5, 5.41) is 13.2. The molecule has 0 bridgehead atoms. The largest absolute Gasteiger partial charge is 0.387 e. The molecule has 0 aromatic heterocycles. The van der Waals surface area contributed by atoms with Gasteiger partial charge in [0.25, 0.3) is 0 Å². The number of nitrogens with one attached hydrogen (secondary N) is 1. The van der Waals surface area contributed by atoms with Gasteiger partial charge in [0.15, 0.2) is 0 Å². The predicted octanol–water partition coefficient (Wildman–Crippen LogP) is 1.79. The Morgan fingerprint density at radius 2 is 2.26 bits per heavy atom. The van der Waals surface area contributed by atoms with E-state index in [1.165, 1.54) is 25.5 Å². The van der Waals surface area contributed by atoms with Gasteiger partial charge in [-0.25, -0.2) is 4.39 Å². The topological polar surface area (TPSA) is 35.5 Å². The Morgan fingerprint density at radius 1 is 1.47 bits per heavy atom. The molecule has 0 aliphatic carbocycles. The van der Waals surface area contributed by atoms with Gasteiger partial charge in [0.05, 0.1) is 6.10 Å². The van der Waals surface area contributed by atoms with Gasteiger partial charge in [0, 0.05) is 18.7 Å². The highest BCUT2D eigenvalue weighted by Gasteiger charge is 2.17. The van der Waals surface area contributed by atoms with Gasteiger partial charge in [0.1, 0.15) is 5.82 Å². The molecule has 0 saturated carbocycles. The van der Waals surface area contributed by atoms with Crippen molar-refractivity contribution in [3.05, 3.63) is 35.6 Å². The lowest BCUT2D eigenvalue weighted by molar-refractivity contribution is 0.159. The number of aliphatic hydroxyl groups is 1. The summed E-state index contributed by atoms with van der Waals surface area (Å²) in [5.41, 5.74) is 0.371. The van der Waals surface area contributed by atoms with Gasteiger partial charge in [0.2, 0.25) is 0 Å². The number of likely N-dealkylation sites (tertiary alicyclic amines) is 1. The molecule has 2 N–H and O–H groups in total. The number of rotatable bonds is 5. The summed E-state index contributed by atoms with van der Waals surface area (Å²) >= 11 is 0. The second-order valence-electron chi connectivity index (χ2n) is 5.47. The minimum Gasteiger partial charge on any atom is -0.387 e. The minimum atomic E-state index is -0.775. The first-order valence-corrected chi connectivity index (χ1v) is 6.98. The van der Waals surface area contributed by atoms with Crippen molar-refractivity contribution < 1.29 is 9.50 Å². The Kier molecular flexibility index (Phi) is 5.31. The van der Waals surface area contributed by atoms with E-state index < -0.39 is 6.10 Å². The average Bonchev–Trinajstić information content (AvgIpc) is 2.39. The van der Waals surface area contributed by atoms with Crippen molar-refractivity contribution in [2.45, 2.75) is 18.9 Å². The highest BCUT2D eigenvalue weighted by molar-refractivity contribution is 5.19. The first kappa shape index (κ1) is 14.4. The number of aliphatic hydroxyl groups excluding tert-OH is 1. The van der Waals surface area contributed by atoms with Crippen LogP contribution in [0.4, 0.5) is 4.39 Å². The van der Waals surface area contributed by atoms with Crippen LogP contribution in [-0.2, 0) is 0 Å². The van der Waals surface area contributed by atoms with E-state index in [4.69, 9.17) is 0 Å².